The molecule has 0 aliphatic carbocycles. The van der Waals surface area contributed by atoms with E-state index < -0.39 is 6.09 Å². The maximum atomic E-state index is 11.9. The van der Waals surface area contributed by atoms with Crippen LogP contribution in [0.4, 0.5) is 10.6 Å². The third-order valence-corrected chi connectivity index (χ3v) is 4.43. The number of nitrogens with one attached hydrogen (secondary N) is 1. The Morgan fingerprint density at radius 2 is 2.03 bits per heavy atom. The molecule has 0 aliphatic rings. The molecule has 0 bridgehead atoms. The van der Waals surface area contributed by atoms with E-state index in [2.05, 4.69) is 20.4 Å². The number of fused-ring (bicyclic) bond motifs is 1. The van der Waals surface area contributed by atoms with E-state index in [1.807, 2.05) is 54.2 Å². The van der Waals surface area contributed by atoms with Gasteiger partial charge in [0.15, 0.2) is 11.5 Å². The highest BCUT2D eigenvalue weighted by atomic mass is 16.5. The summed E-state index contributed by atoms with van der Waals surface area (Å²) in [6.45, 7) is 0.607. The van der Waals surface area contributed by atoms with Crippen molar-refractivity contribution >= 4 is 17.6 Å². The molecule has 0 saturated carbocycles. The van der Waals surface area contributed by atoms with Crippen molar-refractivity contribution in [2.45, 2.75) is 13.0 Å². The topological polar surface area (TPSA) is 112 Å². The van der Waals surface area contributed by atoms with Gasteiger partial charge in [-0.25, -0.2) is 14.8 Å². The summed E-state index contributed by atoms with van der Waals surface area (Å²) in [4.78, 5) is 20.6. The molecule has 29 heavy (non-hydrogen) atoms. The van der Waals surface area contributed by atoms with Crippen molar-refractivity contribution in [3.05, 3.63) is 66.4 Å². The third-order valence-electron chi connectivity index (χ3n) is 4.43. The number of ether oxygens (including phenoxy) is 1. The first kappa shape index (κ1) is 18.5. The molecular weight excluding hydrogens is 370 g/mol. The molecule has 0 aliphatic heterocycles. The number of carbonyl (C=O) groups is 1. The molecule has 3 aromatic heterocycles. The maximum absolute atomic E-state index is 11.9. The van der Waals surface area contributed by atoms with Gasteiger partial charge in [-0.05, 0) is 5.56 Å². The highest BCUT2D eigenvalue weighted by Gasteiger charge is 2.12. The van der Waals surface area contributed by atoms with Gasteiger partial charge in [-0.3, -0.25) is 9.08 Å². The molecule has 1 amide bonds. The van der Waals surface area contributed by atoms with Crippen molar-refractivity contribution in [3.8, 4) is 11.3 Å². The van der Waals surface area contributed by atoms with Crippen molar-refractivity contribution < 1.29 is 9.53 Å². The number of carbonyl (C=O) groups excluding carboxylic acids is 1. The van der Waals surface area contributed by atoms with Crippen LogP contribution in [0.2, 0.25) is 0 Å². The number of alkyl carbamates (subject to hydrolysis) is 1. The standard InChI is InChI=1S/C20H21N7O2/c1-26-11-15(9-24-26)17-10-23-19-18(21)25-16(12-27(17)19)7-8-22-20(28)29-13-14-5-3-2-4-6-14/h2-6,9-12H,7-8,13H2,1H3,(H2,21,25)(H,22,28). The molecule has 9 nitrogen and oxygen atoms in total. The first-order valence-corrected chi connectivity index (χ1v) is 9.16. The summed E-state index contributed by atoms with van der Waals surface area (Å²) in [7, 11) is 1.86. The van der Waals surface area contributed by atoms with Gasteiger partial charge < -0.3 is 15.8 Å². The van der Waals surface area contributed by atoms with Gasteiger partial charge in [-0.1, -0.05) is 30.3 Å². The van der Waals surface area contributed by atoms with E-state index in [1.165, 1.54) is 0 Å². The molecule has 0 saturated heterocycles. The van der Waals surface area contributed by atoms with Gasteiger partial charge in [0, 0.05) is 38.0 Å². The second-order valence-electron chi connectivity index (χ2n) is 6.60. The van der Waals surface area contributed by atoms with E-state index in [-0.39, 0.29) is 6.61 Å². The lowest BCUT2D eigenvalue weighted by atomic mass is 10.2. The Morgan fingerprint density at radius 3 is 2.79 bits per heavy atom. The second-order valence-corrected chi connectivity index (χ2v) is 6.60. The fraction of sp³-hybridized carbons (Fsp3) is 0.200. The Morgan fingerprint density at radius 1 is 1.21 bits per heavy atom. The highest BCUT2D eigenvalue weighted by Crippen LogP contribution is 2.22. The highest BCUT2D eigenvalue weighted by molar-refractivity contribution is 5.69. The SMILES string of the molecule is Cn1cc(-c2cnc3c(N)nc(CCNC(=O)OCc4ccccc4)cn23)cn1. The molecule has 148 valence electrons. The number of rotatable bonds is 6. The Kier molecular flexibility index (Phi) is 5.10. The Labute approximate surface area is 167 Å². The van der Waals surface area contributed by atoms with Gasteiger partial charge in [-0.2, -0.15) is 5.10 Å². The van der Waals surface area contributed by atoms with Gasteiger partial charge in [0.1, 0.15) is 6.61 Å². The number of anilines is 1. The van der Waals surface area contributed by atoms with Crippen LogP contribution in [0.3, 0.4) is 0 Å². The van der Waals surface area contributed by atoms with Gasteiger partial charge in [0.2, 0.25) is 0 Å². The number of aromatic nitrogens is 5. The zero-order valence-electron chi connectivity index (χ0n) is 15.9. The molecule has 4 aromatic rings. The minimum atomic E-state index is -0.471. The largest absolute Gasteiger partial charge is 0.445 e. The van der Waals surface area contributed by atoms with Crippen molar-refractivity contribution in [2.75, 3.05) is 12.3 Å². The van der Waals surface area contributed by atoms with Crippen molar-refractivity contribution in [3.63, 3.8) is 0 Å². The number of hydrogen-bond acceptors (Lipinski definition) is 6. The zero-order valence-corrected chi connectivity index (χ0v) is 15.9. The smallest absolute Gasteiger partial charge is 0.407 e. The fourth-order valence-electron chi connectivity index (χ4n) is 3.02. The molecule has 0 radical (unpaired) electrons. The number of imidazole rings is 1. The number of nitrogens with two attached hydrogens (primary N) is 1. The fourth-order valence-corrected chi connectivity index (χ4v) is 3.02. The molecule has 1 aromatic carbocycles. The Bertz CT molecular complexity index is 1130. The Balaban J connectivity index is 1.40. The number of amides is 1. The van der Waals surface area contributed by atoms with Crippen LogP contribution in [0.5, 0.6) is 0 Å². The van der Waals surface area contributed by atoms with Crippen LogP contribution in [0, 0.1) is 0 Å². The number of nitrogen functional groups attached to an aromatic ring is 1. The minimum Gasteiger partial charge on any atom is -0.445 e. The summed E-state index contributed by atoms with van der Waals surface area (Å²) in [6, 6.07) is 9.52. The molecule has 0 spiro atoms. The van der Waals surface area contributed by atoms with Gasteiger partial charge in [-0.15, -0.1) is 0 Å². The van der Waals surface area contributed by atoms with Crippen LogP contribution in [-0.4, -0.2) is 36.8 Å². The molecule has 0 atom stereocenters. The summed E-state index contributed by atoms with van der Waals surface area (Å²) < 4.78 is 8.83. The lowest BCUT2D eigenvalue weighted by Crippen LogP contribution is -2.26. The van der Waals surface area contributed by atoms with Crippen LogP contribution < -0.4 is 11.1 Å². The average molecular weight is 391 g/mol. The van der Waals surface area contributed by atoms with Gasteiger partial charge >= 0.3 is 6.09 Å². The number of hydrogen-bond donors (Lipinski definition) is 2. The van der Waals surface area contributed by atoms with E-state index in [4.69, 9.17) is 10.5 Å². The van der Waals surface area contributed by atoms with Gasteiger partial charge in [0.25, 0.3) is 0 Å². The minimum absolute atomic E-state index is 0.230. The van der Waals surface area contributed by atoms with E-state index in [1.54, 1.807) is 17.1 Å². The summed E-state index contributed by atoms with van der Waals surface area (Å²) in [5.41, 5.74) is 10.1. The molecular formula is C20H21N7O2. The first-order valence-electron chi connectivity index (χ1n) is 9.16. The summed E-state index contributed by atoms with van der Waals surface area (Å²) in [6.07, 6.45) is 7.33. The van der Waals surface area contributed by atoms with Crippen LogP contribution in [0.25, 0.3) is 16.9 Å². The predicted octanol–water partition coefficient (Wildman–Crippen LogP) is 2.18. The van der Waals surface area contributed by atoms with E-state index >= 15 is 0 Å². The summed E-state index contributed by atoms with van der Waals surface area (Å²) in [5.74, 6) is 0.337. The molecule has 4 rings (SSSR count). The van der Waals surface area contributed by atoms with E-state index in [0.29, 0.717) is 24.4 Å². The van der Waals surface area contributed by atoms with Crippen molar-refractivity contribution in [2.24, 2.45) is 7.05 Å². The predicted molar refractivity (Wildman–Crippen MR) is 108 cm³/mol. The van der Waals surface area contributed by atoms with Crippen molar-refractivity contribution in [1.82, 2.24) is 29.5 Å². The monoisotopic (exact) mass is 391 g/mol. The molecule has 0 unspecified atom stereocenters. The van der Waals surface area contributed by atoms with E-state index in [0.717, 1.165) is 22.5 Å². The lowest BCUT2D eigenvalue weighted by molar-refractivity contribution is 0.140. The Hall–Kier alpha value is -3.88. The average Bonchev–Trinajstić information content (AvgIpc) is 3.33. The van der Waals surface area contributed by atoms with Crippen LogP contribution >= 0.6 is 0 Å². The lowest BCUT2D eigenvalue weighted by Gasteiger charge is -2.08. The molecule has 0 fully saturated rings. The van der Waals surface area contributed by atoms with Crippen LogP contribution in [0.15, 0.2) is 55.1 Å². The maximum Gasteiger partial charge on any atom is 0.407 e. The van der Waals surface area contributed by atoms with Crippen LogP contribution in [-0.2, 0) is 24.8 Å². The normalized spacial score (nSPS) is 10.9. The molecule has 3 N–H and O–H groups in total. The quantitative estimate of drug-likeness (QED) is 0.521. The number of benzene rings is 1. The van der Waals surface area contributed by atoms with Crippen molar-refractivity contribution in [1.29, 1.82) is 0 Å². The number of nitrogens with zero attached hydrogens (tertiary/aromatic N) is 5. The zero-order chi connectivity index (χ0) is 20.2. The van der Waals surface area contributed by atoms with Gasteiger partial charge in [0.05, 0.1) is 23.8 Å². The first-order chi connectivity index (χ1) is 14.1. The molecule has 3 heterocycles. The second kappa shape index (κ2) is 8.01. The summed E-state index contributed by atoms with van der Waals surface area (Å²) >= 11 is 0. The third kappa shape index (κ3) is 4.18. The van der Waals surface area contributed by atoms with E-state index in [9.17, 15) is 4.79 Å². The number of aryl methyl sites for hydroxylation is 1. The van der Waals surface area contributed by atoms with Crippen LogP contribution in [0.1, 0.15) is 11.3 Å². The molecule has 9 heteroatoms. The summed E-state index contributed by atoms with van der Waals surface area (Å²) in [5, 5.41) is 6.93.